The number of halogens is 1. The first-order valence-corrected chi connectivity index (χ1v) is 10.2. The van der Waals surface area contributed by atoms with Gasteiger partial charge in [0.1, 0.15) is 5.82 Å². The predicted octanol–water partition coefficient (Wildman–Crippen LogP) is 3.86. The molecule has 1 aliphatic rings. The van der Waals surface area contributed by atoms with Crippen molar-refractivity contribution in [2.45, 2.75) is 38.6 Å². The molecule has 0 unspecified atom stereocenters. The molecule has 0 radical (unpaired) electrons. The van der Waals surface area contributed by atoms with E-state index in [4.69, 9.17) is 0 Å². The molecule has 0 aliphatic heterocycles. The van der Waals surface area contributed by atoms with Crippen LogP contribution in [0.3, 0.4) is 0 Å². The minimum Gasteiger partial charge on any atom is -0.376 e. The van der Waals surface area contributed by atoms with E-state index in [-0.39, 0.29) is 30.7 Å². The fraction of sp³-hybridized carbons (Fsp3) is 0.391. The average Bonchev–Trinajstić information content (AvgIpc) is 2.76. The quantitative estimate of drug-likeness (QED) is 0.633. The van der Waals surface area contributed by atoms with E-state index in [9.17, 15) is 14.0 Å². The van der Waals surface area contributed by atoms with Crippen molar-refractivity contribution in [1.29, 1.82) is 0 Å². The van der Waals surface area contributed by atoms with Crippen molar-refractivity contribution < 1.29 is 14.0 Å². The number of amides is 2. The standard InChI is InChI=1S/C23H28FN3O2/c24-21-9-5-4-8-19(21)15-27-23(29)18-10-12-20(13-11-18)25-16-22(28)26-14-17-6-2-1-3-7-17/h4-5,8-13,17,25H,1-3,6-7,14-16H2,(H,26,28)(H,27,29). The van der Waals surface area contributed by atoms with Crippen LogP contribution in [0.15, 0.2) is 48.5 Å². The van der Waals surface area contributed by atoms with Crippen LogP contribution in [0.5, 0.6) is 0 Å². The summed E-state index contributed by atoms with van der Waals surface area (Å²) in [5.41, 5.74) is 1.69. The van der Waals surface area contributed by atoms with Crippen LogP contribution in [0.4, 0.5) is 10.1 Å². The molecule has 2 aromatic rings. The molecule has 1 saturated carbocycles. The number of nitrogens with one attached hydrogen (secondary N) is 3. The van der Waals surface area contributed by atoms with Gasteiger partial charge in [0, 0.05) is 29.9 Å². The first kappa shape index (κ1) is 20.8. The van der Waals surface area contributed by atoms with Gasteiger partial charge >= 0.3 is 0 Å². The van der Waals surface area contributed by atoms with Crippen molar-refractivity contribution in [3.8, 4) is 0 Å². The van der Waals surface area contributed by atoms with E-state index in [0.717, 1.165) is 12.2 Å². The number of benzene rings is 2. The molecule has 0 aromatic heterocycles. The van der Waals surface area contributed by atoms with Gasteiger partial charge in [0.05, 0.1) is 6.54 Å². The highest BCUT2D eigenvalue weighted by molar-refractivity contribution is 5.94. The topological polar surface area (TPSA) is 70.2 Å². The van der Waals surface area contributed by atoms with Crippen molar-refractivity contribution in [3.05, 3.63) is 65.5 Å². The summed E-state index contributed by atoms with van der Waals surface area (Å²) >= 11 is 0. The molecule has 0 atom stereocenters. The van der Waals surface area contributed by atoms with Gasteiger partial charge in [-0.3, -0.25) is 9.59 Å². The minimum atomic E-state index is -0.339. The second kappa shape index (κ2) is 10.6. The largest absolute Gasteiger partial charge is 0.376 e. The highest BCUT2D eigenvalue weighted by atomic mass is 19.1. The molecule has 3 rings (SSSR count). The molecule has 2 aromatic carbocycles. The van der Waals surface area contributed by atoms with Crippen molar-refractivity contribution in [2.75, 3.05) is 18.4 Å². The molecule has 0 spiro atoms. The van der Waals surface area contributed by atoms with Crippen LogP contribution in [-0.4, -0.2) is 24.9 Å². The van der Waals surface area contributed by atoms with Gasteiger partial charge in [0.15, 0.2) is 0 Å². The maximum atomic E-state index is 13.6. The number of hydrogen-bond acceptors (Lipinski definition) is 3. The molecule has 1 fully saturated rings. The number of hydrogen-bond donors (Lipinski definition) is 3. The lowest BCUT2D eigenvalue weighted by molar-refractivity contribution is -0.119. The maximum Gasteiger partial charge on any atom is 0.251 e. The maximum absolute atomic E-state index is 13.6. The van der Waals surface area contributed by atoms with Crippen LogP contribution in [0, 0.1) is 11.7 Å². The number of carbonyl (C=O) groups is 2. The summed E-state index contributed by atoms with van der Waals surface area (Å²) in [6.45, 7) is 1.08. The first-order chi connectivity index (χ1) is 14.1. The summed E-state index contributed by atoms with van der Waals surface area (Å²) in [5.74, 6) is -0.0312. The molecule has 5 nitrogen and oxygen atoms in total. The van der Waals surface area contributed by atoms with Gasteiger partial charge in [0.2, 0.25) is 5.91 Å². The molecular formula is C23H28FN3O2. The van der Waals surface area contributed by atoms with E-state index in [1.807, 2.05) is 0 Å². The van der Waals surface area contributed by atoms with Gasteiger partial charge in [-0.1, -0.05) is 37.5 Å². The van der Waals surface area contributed by atoms with E-state index in [0.29, 0.717) is 17.0 Å². The Hall–Kier alpha value is -2.89. The highest BCUT2D eigenvalue weighted by Crippen LogP contribution is 2.22. The normalized spacial score (nSPS) is 14.2. The number of rotatable bonds is 8. The van der Waals surface area contributed by atoms with E-state index in [2.05, 4.69) is 16.0 Å². The van der Waals surface area contributed by atoms with Crippen molar-refractivity contribution in [3.63, 3.8) is 0 Å². The predicted molar refractivity (Wildman–Crippen MR) is 112 cm³/mol. The molecular weight excluding hydrogens is 369 g/mol. The molecule has 2 amide bonds. The van der Waals surface area contributed by atoms with Gasteiger partial charge in [-0.2, -0.15) is 0 Å². The summed E-state index contributed by atoms with van der Waals surface area (Å²) < 4.78 is 13.6. The molecule has 154 valence electrons. The van der Waals surface area contributed by atoms with Crippen molar-refractivity contribution in [2.24, 2.45) is 5.92 Å². The SMILES string of the molecule is O=C(CNc1ccc(C(=O)NCc2ccccc2F)cc1)NCC1CCCCC1. The fourth-order valence-electron chi connectivity index (χ4n) is 3.55. The lowest BCUT2D eigenvalue weighted by Gasteiger charge is -2.21. The van der Waals surface area contributed by atoms with Gasteiger partial charge in [0.25, 0.3) is 5.91 Å². The third kappa shape index (κ3) is 6.59. The molecule has 6 heteroatoms. The monoisotopic (exact) mass is 397 g/mol. The Morgan fingerprint density at radius 2 is 1.66 bits per heavy atom. The molecule has 1 aliphatic carbocycles. The zero-order valence-corrected chi connectivity index (χ0v) is 16.5. The van der Waals surface area contributed by atoms with Crippen molar-refractivity contribution in [1.82, 2.24) is 10.6 Å². The second-order valence-corrected chi connectivity index (χ2v) is 7.51. The molecule has 0 heterocycles. The summed E-state index contributed by atoms with van der Waals surface area (Å²) in [6.07, 6.45) is 6.24. The minimum absolute atomic E-state index is 0.0257. The van der Waals surface area contributed by atoms with Crippen LogP contribution >= 0.6 is 0 Å². The van der Waals surface area contributed by atoms with Crippen LogP contribution in [0.1, 0.15) is 48.0 Å². The van der Waals surface area contributed by atoms with Crippen molar-refractivity contribution >= 4 is 17.5 Å². The van der Waals surface area contributed by atoms with E-state index < -0.39 is 0 Å². The lowest BCUT2D eigenvalue weighted by atomic mass is 9.89. The van der Waals surface area contributed by atoms with E-state index in [1.54, 1.807) is 42.5 Å². The van der Waals surface area contributed by atoms with E-state index in [1.165, 1.54) is 38.2 Å². The highest BCUT2D eigenvalue weighted by Gasteiger charge is 2.14. The molecule has 0 saturated heterocycles. The Kier molecular flexibility index (Phi) is 7.61. The number of carbonyl (C=O) groups excluding carboxylic acids is 2. The Balaban J connectivity index is 1.40. The average molecular weight is 397 g/mol. The van der Waals surface area contributed by atoms with Crippen LogP contribution in [0.25, 0.3) is 0 Å². The third-order valence-corrected chi connectivity index (χ3v) is 5.31. The van der Waals surface area contributed by atoms with Gasteiger partial charge in [-0.25, -0.2) is 4.39 Å². The van der Waals surface area contributed by atoms with Gasteiger partial charge < -0.3 is 16.0 Å². The summed E-state index contributed by atoms with van der Waals surface area (Å²) in [5, 5.41) is 8.77. The third-order valence-electron chi connectivity index (χ3n) is 5.31. The molecule has 29 heavy (non-hydrogen) atoms. The zero-order chi connectivity index (χ0) is 20.5. The Labute approximate surface area is 171 Å². The Morgan fingerprint density at radius 3 is 2.38 bits per heavy atom. The van der Waals surface area contributed by atoms with E-state index >= 15 is 0 Å². The van der Waals surface area contributed by atoms with Crippen LogP contribution in [0.2, 0.25) is 0 Å². The fourth-order valence-corrected chi connectivity index (χ4v) is 3.55. The summed E-state index contributed by atoms with van der Waals surface area (Å²) in [6, 6.07) is 13.2. The lowest BCUT2D eigenvalue weighted by Crippen LogP contribution is -2.34. The van der Waals surface area contributed by atoms with Crippen LogP contribution in [-0.2, 0) is 11.3 Å². The van der Waals surface area contributed by atoms with Gasteiger partial charge in [-0.15, -0.1) is 0 Å². The second-order valence-electron chi connectivity index (χ2n) is 7.51. The number of anilines is 1. The summed E-state index contributed by atoms with van der Waals surface area (Å²) in [4.78, 5) is 24.2. The molecule has 3 N–H and O–H groups in total. The zero-order valence-electron chi connectivity index (χ0n) is 16.5. The smallest absolute Gasteiger partial charge is 0.251 e. The van der Waals surface area contributed by atoms with Gasteiger partial charge in [-0.05, 0) is 49.1 Å². The Morgan fingerprint density at radius 1 is 0.931 bits per heavy atom. The molecule has 0 bridgehead atoms. The van der Waals surface area contributed by atoms with Crippen LogP contribution < -0.4 is 16.0 Å². The summed E-state index contributed by atoms with van der Waals surface area (Å²) in [7, 11) is 0. The Bertz CT molecular complexity index is 817. The first-order valence-electron chi connectivity index (χ1n) is 10.2.